The highest BCUT2D eigenvalue weighted by atomic mass is 19.4. The molecular formula is C28H23F3N6O4. The number of amides is 2. The van der Waals surface area contributed by atoms with Crippen LogP contribution in [-0.2, 0) is 6.42 Å². The van der Waals surface area contributed by atoms with Gasteiger partial charge in [-0.2, -0.15) is 18.3 Å². The lowest BCUT2D eigenvalue weighted by atomic mass is 10.2. The monoisotopic (exact) mass is 564 g/mol. The number of urea groups is 1. The van der Waals surface area contributed by atoms with E-state index < -0.39 is 18.6 Å². The van der Waals surface area contributed by atoms with Crippen molar-refractivity contribution < 1.29 is 32.2 Å². The average Bonchev–Trinajstić information content (AvgIpc) is 3.33. The fourth-order valence-corrected chi connectivity index (χ4v) is 4.05. The Hall–Kier alpha value is -5.33. The molecule has 0 unspecified atom stereocenters. The number of nitrogens with one attached hydrogen (secondary N) is 2. The number of nitrogens with zero attached hydrogens (tertiary/aromatic N) is 4. The van der Waals surface area contributed by atoms with E-state index in [0.29, 0.717) is 39.5 Å². The third-order valence-corrected chi connectivity index (χ3v) is 5.79. The molecule has 41 heavy (non-hydrogen) atoms. The molecule has 0 spiro atoms. The number of aromatic nitrogens is 4. The van der Waals surface area contributed by atoms with Gasteiger partial charge in [0, 0.05) is 23.9 Å². The Kier molecular flexibility index (Phi) is 7.59. The van der Waals surface area contributed by atoms with Gasteiger partial charge in [0.05, 0.1) is 42.9 Å². The van der Waals surface area contributed by atoms with E-state index in [0.717, 1.165) is 0 Å². The second-order valence-corrected chi connectivity index (χ2v) is 8.67. The van der Waals surface area contributed by atoms with E-state index >= 15 is 0 Å². The maximum atomic E-state index is 13.0. The first-order valence-corrected chi connectivity index (χ1v) is 12.2. The molecule has 5 aromatic rings. The van der Waals surface area contributed by atoms with Crippen molar-refractivity contribution >= 4 is 28.4 Å². The Morgan fingerprint density at radius 3 is 2.39 bits per heavy atom. The molecule has 0 aliphatic carbocycles. The molecule has 2 heterocycles. The summed E-state index contributed by atoms with van der Waals surface area (Å²) < 4.78 is 56.9. The van der Waals surface area contributed by atoms with Gasteiger partial charge < -0.3 is 19.5 Å². The Morgan fingerprint density at radius 1 is 0.902 bits per heavy atom. The summed E-state index contributed by atoms with van der Waals surface area (Å²) in [5.74, 6) is 1.65. The summed E-state index contributed by atoms with van der Waals surface area (Å²) in [6, 6.07) is 18.9. The van der Waals surface area contributed by atoms with Crippen LogP contribution in [0.2, 0.25) is 0 Å². The molecule has 2 N–H and O–H groups in total. The summed E-state index contributed by atoms with van der Waals surface area (Å²) in [4.78, 5) is 21.3. The number of halogens is 3. The summed E-state index contributed by atoms with van der Waals surface area (Å²) in [5.41, 5.74) is 1.18. The minimum Gasteiger partial charge on any atom is -0.493 e. The van der Waals surface area contributed by atoms with Crippen LogP contribution in [0.25, 0.3) is 16.6 Å². The molecule has 0 aliphatic rings. The molecule has 3 aromatic carbocycles. The minimum atomic E-state index is -4.46. The van der Waals surface area contributed by atoms with Crippen molar-refractivity contribution in [2.24, 2.45) is 0 Å². The number of ether oxygens (including phenoxy) is 3. The molecule has 13 heteroatoms. The van der Waals surface area contributed by atoms with Crippen molar-refractivity contribution in [3.63, 3.8) is 0 Å². The second-order valence-electron chi connectivity index (χ2n) is 8.67. The van der Waals surface area contributed by atoms with E-state index in [1.807, 2.05) is 0 Å². The predicted octanol–water partition coefficient (Wildman–Crippen LogP) is 6.37. The molecule has 0 saturated heterocycles. The lowest BCUT2D eigenvalue weighted by Crippen LogP contribution is -2.21. The van der Waals surface area contributed by atoms with Crippen molar-refractivity contribution in [1.29, 1.82) is 0 Å². The first-order valence-electron chi connectivity index (χ1n) is 12.2. The van der Waals surface area contributed by atoms with Gasteiger partial charge in [-0.05, 0) is 30.3 Å². The molecule has 0 atom stereocenters. The summed E-state index contributed by atoms with van der Waals surface area (Å²) in [6.07, 6.45) is -4.34. The summed E-state index contributed by atoms with van der Waals surface area (Å²) in [6.45, 7) is 0. The second kappa shape index (κ2) is 11.4. The van der Waals surface area contributed by atoms with E-state index in [9.17, 15) is 18.0 Å². The Bertz CT molecular complexity index is 1690. The molecule has 0 saturated carbocycles. The lowest BCUT2D eigenvalue weighted by Gasteiger charge is -2.13. The predicted molar refractivity (Wildman–Crippen MR) is 145 cm³/mol. The summed E-state index contributed by atoms with van der Waals surface area (Å²) >= 11 is 0. The van der Waals surface area contributed by atoms with Crippen LogP contribution in [0.1, 0.15) is 5.69 Å². The number of methoxy groups -OCH3 is 2. The normalized spacial score (nSPS) is 11.2. The fraction of sp³-hybridized carbons (Fsp3) is 0.143. The molecule has 10 nitrogen and oxygen atoms in total. The molecule has 5 rings (SSSR count). The van der Waals surface area contributed by atoms with Crippen LogP contribution < -0.4 is 24.8 Å². The highest BCUT2D eigenvalue weighted by Gasteiger charge is 2.30. The van der Waals surface area contributed by atoms with Crippen molar-refractivity contribution in [3.05, 3.63) is 84.8 Å². The number of anilines is 2. The van der Waals surface area contributed by atoms with Gasteiger partial charge in [-0.15, -0.1) is 0 Å². The van der Waals surface area contributed by atoms with Crippen LogP contribution in [0.15, 0.2) is 79.1 Å². The Balaban J connectivity index is 1.35. The highest BCUT2D eigenvalue weighted by Crippen LogP contribution is 2.36. The van der Waals surface area contributed by atoms with Gasteiger partial charge in [0.25, 0.3) is 0 Å². The van der Waals surface area contributed by atoms with Crippen molar-refractivity contribution in [2.75, 3.05) is 24.9 Å². The van der Waals surface area contributed by atoms with Crippen molar-refractivity contribution in [3.8, 4) is 28.8 Å². The van der Waals surface area contributed by atoms with Gasteiger partial charge in [-0.25, -0.2) is 19.4 Å². The van der Waals surface area contributed by atoms with Crippen LogP contribution in [-0.4, -0.2) is 46.2 Å². The van der Waals surface area contributed by atoms with E-state index in [-0.39, 0.29) is 17.4 Å². The molecule has 0 radical (unpaired) electrons. The number of para-hydroxylation sites is 1. The minimum absolute atomic E-state index is 0.0668. The summed E-state index contributed by atoms with van der Waals surface area (Å²) in [7, 11) is 3.03. The van der Waals surface area contributed by atoms with Crippen LogP contribution >= 0.6 is 0 Å². The quantitative estimate of drug-likeness (QED) is 0.225. The largest absolute Gasteiger partial charge is 0.493 e. The number of hydrogen-bond acceptors (Lipinski definition) is 7. The zero-order valence-corrected chi connectivity index (χ0v) is 21.8. The lowest BCUT2D eigenvalue weighted by molar-refractivity contribution is -0.127. The molecular weight excluding hydrogens is 541 g/mol. The van der Waals surface area contributed by atoms with E-state index in [4.69, 9.17) is 14.2 Å². The number of alkyl halides is 3. The number of benzene rings is 3. The SMILES string of the molecule is COc1cc2ncnc(Oc3cccc(NC(=O)Nc4cc(CC(F)(F)F)nn4-c4ccccc4)c3)c2cc1OC. The third-order valence-electron chi connectivity index (χ3n) is 5.79. The van der Waals surface area contributed by atoms with Gasteiger partial charge in [0.1, 0.15) is 17.9 Å². The van der Waals surface area contributed by atoms with Crippen LogP contribution in [0.4, 0.5) is 29.5 Å². The fourth-order valence-electron chi connectivity index (χ4n) is 4.05. The van der Waals surface area contributed by atoms with Gasteiger partial charge in [0.15, 0.2) is 11.5 Å². The topological polar surface area (TPSA) is 112 Å². The Morgan fingerprint density at radius 2 is 1.66 bits per heavy atom. The average molecular weight is 565 g/mol. The van der Waals surface area contributed by atoms with Crippen LogP contribution in [0.5, 0.6) is 23.1 Å². The van der Waals surface area contributed by atoms with E-state index in [1.165, 1.54) is 31.3 Å². The smallest absolute Gasteiger partial charge is 0.394 e. The number of carbonyl (C=O) groups is 1. The van der Waals surface area contributed by atoms with Gasteiger partial charge >= 0.3 is 12.2 Å². The van der Waals surface area contributed by atoms with Gasteiger partial charge in [-0.3, -0.25) is 5.32 Å². The summed E-state index contributed by atoms with van der Waals surface area (Å²) in [5, 5.41) is 9.85. The number of fused-ring (bicyclic) bond motifs is 1. The van der Waals surface area contributed by atoms with Crippen LogP contribution in [0, 0.1) is 0 Å². The molecule has 210 valence electrons. The molecule has 0 fully saturated rings. The first kappa shape index (κ1) is 27.2. The Labute approximate surface area is 231 Å². The molecule has 2 aromatic heterocycles. The zero-order valence-electron chi connectivity index (χ0n) is 21.8. The van der Waals surface area contributed by atoms with Crippen molar-refractivity contribution in [2.45, 2.75) is 12.6 Å². The molecule has 0 bridgehead atoms. The van der Waals surface area contributed by atoms with E-state index in [1.54, 1.807) is 66.7 Å². The standard InChI is InChI=1S/C28H23F3N6O4/c1-39-23-13-21-22(14-24(23)40-2)32-16-33-26(21)41-20-10-6-7-17(11-20)34-27(38)35-25-12-18(15-28(29,30)31)36-37(25)19-8-4-3-5-9-19/h3-14,16H,15H2,1-2H3,(H2,34,35,38). The van der Waals surface area contributed by atoms with Gasteiger partial charge in [-0.1, -0.05) is 24.3 Å². The third kappa shape index (κ3) is 6.46. The zero-order chi connectivity index (χ0) is 29.0. The number of carbonyl (C=O) groups excluding carboxylic acids is 1. The maximum Gasteiger partial charge on any atom is 0.394 e. The van der Waals surface area contributed by atoms with E-state index in [2.05, 4.69) is 25.7 Å². The van der Waals surface area contributed by atoms with Gasteiger partial charge in [0.2, 0.25) is 5.88 Å². The maximum absolute atomic E-state index is 13.0. The molecule has 2 amide bonds. The number of hydrogen-bond donors (Lipinski definition) is 2. The highest BCUT2D eigenvalue weighted by molar-refractivity contribution is 5.99. The first-order chi connectivity index (χ1) is 19.7. The molecule has 0 aliphatic heterocycles. The van der Waals surface area contributed by atoms with Crippen molar-refractivity contribution in [1.82, 2.24) is 19.7 Å². The van der Waals surface area contributed by atoms with Crippen LogP contribution in [0.3, 0.4) is 0 Å². The number of rotatable bonds is 8.